The van der Waals surface area contributed by atoms with Gasteiger partial charge in [-0.2, -0.15) is 18.3 Å². The molecule has 0 aliphatic carbocycles. The Kier molecular flexibility index (Phi) is 4.80. The number of thiazole rings is 1. The Labute approximate surface area is 159 Å². The van der Waals surface area contributed by atoms with Crippen LogP contribution in [0.2, 0.25) is 5.15 Å². The van der Waals surface area contributed by atoms with Gasteiger partial charge in [0.2, 0.25) is 0 Å². The highest BCUT2D eigenvalue weighted by Gasteiger charge is 2.34. The molecule has 0 saturated carbocycles. The lowest BCUT2D eigenvalue weighted by atomic mass is 10.3. The van der Waals surface area contributed by atoms with Gasteiger partial charge in [-0.15, -0.1) is 11.3 Å². The molecule has 12 heteroatoms. The van der Waals surface area contributed by atoms with Crippen molar-refractivity contribution in [3.63, 3.8) is 0 Å². The van der Waals surface area contributed by atoms with Crippen LogP contribution in [0.15, 0.2) is 16.9 Å². The maximum atomic E-state index is 12.7. The standard InChI is InChI=1S/C14H11ClF3N5OS2/c1-6-11(12(25)19-2)23-10(24)3-7(20-13(23)26-6)5-22-9(15)4-8(21-22)14(16,17)18/h3-4H,5H2,1-2H3,(H,19,25). The molecule has 3 rings (SSSR count). The summed E-state index contributed by atoms with van der Waals surface area (Å²) >= 11 is 12.3. The maximum Gasteiger partial charge on any atom is 0.435 e. The molecule has 0 spiro atoms. The molecule has 0 unspecified atom stereocenters. The summed E-state index contributed by atoms with van der Waals surface area (Å²) in [7, 11) is 1.65. The van der Waals surface area contributed by atoms with Crippen LogP contribution in [0.5, 0.6) is 0 Å². The number of fused-ring (bicyclic) bond motifs is 1. The first-order chi connectivity index (χ1) is 12.1. The molecule has 1 N–H and O–H groups in total. The summed E-state index contributed by atoms with van der Waals surface area (Å²) in [6.45, 7) is 1.64. The lowest BCUT2D eigenvalue weighted by molar-refractivity contribution is -0.141. The van der Waals surface area contributed by atoms with E-state index in [-0.39, 0.29) is 23.0 Å². The van der Waals surface area contributed by atoms with E-state index in [1.54, 1.807) is 14.0 Å². The van der Waals surface area contributed by atoms with Gasteiger partial charge in [0.1, 0.15) is 10.1 Å². The molecule has 0 aromatic carbocycles. The second-order valence-corrected chi connectivity index (χ2v) is 7.27. The highest BCUT2D eigenvalue weighted by Crippen LogP contribution is 2.30. The zero-order valence-corrected chi connectivity index (χ0v) is 15.8. The van der Waals surface area contributed by atoms with Crippen LogP contribution in [0, 0.1) is 6.92 Å². The monoisotopic (exact) mass is 421 g/mol. The first kappa shape index (κ1) is 18.8. The van der Waals surface area contributed by atoms with Crippen molar-refractivity contribution in [1.29, 1.82) is 0 Å². The van der Waals surface area contributed by atoms with Gasteiger partial charge >= 0.3 is 6.18 Å². The molecular formula is C14H11ClF3N5OS2. The van der Waals surface area contributed by atoms with Crippen LogP contribution in [-0.4, -0.2) is 31.2 Å². The van der Waals surface area contributed by atoms with E-state index in [4.69, 9.17) is 23.8 Å². The number of hydrogen-bond donors (Lipinski definition) is 1. The number of thiocarbonyl (C=S) groups is 1. The van der Waals surface area contributed by atoms with Crippen molar-refractivity contribution >= 4 is 45.1 Å². The van der Waals surface area contributed by atoms with Crippen molar-refractivity contribution in [2.24, 2.45) is 0 Å². The molecule has 0 bridgehead atoms. The summed E-state index contributed by atoms with van der Waals surface area (Å²) in [6, 6.07) is 1.96. The molecule has 26 heavy (non-hydrogen) atoms. The number of nitrogens with zero attached hydrogens (tertiary/aromatic N) is 4. The number of aryl methyl sites for hydroxylation is 1. The van der Waals surface area contributed by atoms with Crippen LogP contribution in [-0.2, 0) is 12.7 Å². The highest BCUT2D eigenvalue weighted by molar-refractivity contribution is 7.80. The van der Waals surface area contributed by atoms with Gasteiger partial charge < -0.3 is 5.32 Å². The van der Waals surface area contributed by atoms with Crippen LogP contribution in [0.4, 0.5) is 13.2 Å². The van der Waals surface area contributed by atoms with Crippen molar-refractivity contribution in [1.82, 2.24) is 24.5 Å². The Morgan fingerprint density at radius 3 is 2.69 bits per heavy atom. The van der Waals surface area contributed by atoms with E-state index in [0.29, 0.717) is 15.6 Å². The van der Waals surface area contributed by atoms with Gasteiger partial charge in [-0.1, -0.05) is 23.8 Å². The van der Waals surface area contributed by atoms with Crippen LogP contribution in [0.25, 0.3) is 4.96 Å². The Morgan fingerprint density at radius 1 is 1.42 bits per heavy atom. The maximum absolute atomic E-state index is 12.7. The number of nitrogens with one attached hydrogen (secondary N) is 1. The number of rotatable bonds is 3. The normalized spacial score (nSPS) is 11.9. The second-order valence-electron chi connectivity index (χ2n) is 5.30. The zero-order valence-electron chi connectivity index (χ0n) is 13.4. The topological polar surface area (TPSA) is 64.2 Å². The number of hydrogen-bond acceptors (Lipinski definition) is 5. The summed E-state index contributed by atoms with van der Waals surface area (Å²) < 4.78 is 40.5. The van der Waals surface area contributed by atoms with E-state index in [0.717, 1.165) is 15.6 Å². The number of halogens is 4. The van der Waals surface area contributed by atoms with Crippen molar-refractivity contribution in [2.75, 3.05) is 7.05 Å². The number of aromatic nitrogens is 4. The Hall–Kier alpha value is -1.98. The second kappa shape index (κ2) is 6.63. The summed E-state index contributed by atoms with van der Waals surface area (Å²) in [6.07, 6.45) is -4.60. The molecule has 3 aromatic heterocycles. The molecular weight excluding hydrogens is 411 g/mol. The minimum absolute atomic E-state index is 0.163. The first-order valence-corrected chi connectivity index (χ1v) is 8.76. The smallest absolute Gasteiger partial charge is 0.378 e. The summed E-state index contributed by atoms with van der Waals surface area (Å²) in [5, 5.41) is 6.06. The van der Waals surface area contributed by atoms with Crippen molar-refractivity contribution in [2.45, 2.75) is 19.6 Å². The molecule has 0 aliphatic rings. The summed E-state index contributed by atoms with van der Waals surface area (Å²) in [5.74, 6) is 0. The minimum Gasteiger partial charge on any atom is -0.378 e. The molecule has 3 heterocycles. The SMILES string of the molecule is CNC(=S)c1c(C)sc2nc(Cn3nc(C(F)(F)F)cc3Cl)cc(=O)n12. The third-order valence-electron chi connectivity index (χ3n) is 3.52. The van der Waals surface area contributed by atoms with Gasteiger partial charge in [0.05, 0.1) is 17.9 Å². The number of alkyl halides is 3. The van der Waals surface area contributed by atoms with Crippen LogP contribution in [0.3, 0.4) is 0 Å². The van der Waals surface area contributed by atoms with E-state index in [9.17, 15) is 18.0 Å². The largest absolute Gasteiger partial charge is 0.435 e. The van der Waals surface area contributed by atoms with E-state index in [1.165, 1.54) is 21.8 Å². The van der Waals surface area contributed by atoms with E-state index in [1.807, 2.05) is 0 Å². The minimum atomic E-state index is -4.60. The molecule has 0 atom stereocenters. The van der Waals surface area contributed by atoms with Gasteiger partial charge in [-0.3, -0.25) is 4.79 Å². The predicted octanol–water partition coefficient (Wildman–Crippen LogP) is 2.88. The average molecular weight is 422 g/mol. The Bertz CT molecular complexity index is 1070. The van der Waals surface area contributed by atoms with Crippen LogP contribution < -0.4 is 10.9 Å². The van der Waals surface area contributed by atoms with Gasteiger partial charge in [0, 0.05) is 24.1 Å². The van der Waals surface area contributed by atoms with E-state index < -0.39 is 11.9 Å². The zero-order chi connectivity index (χ0) is 19.2. The Balaban J connectivity index is 2.05. The van der Waals surface area contributed by atoms with E-state index in [2.05, 4.69) is 15.4 Å². The lowest BCUT2D eigenvalue weighted by Crippen LogP contribution is -2.25. The van der Waals surface area contributed by atoms with E-state index >= 15 is 0 Å². The molecule has 0 aliphatic heterocycles. The van der Waals surface area contributed by atoms with Crippen LogP contribution >= 0.6 is 35.2 Å². The summed E-state index contributed by atoms with van der Waals surface area (Å²) in [4.78, 5) is 18.4. The first-order valence-electron chi connectivity index (χ1n) is 7.16. The average Bonchev–Trinajstić information content (AvgIpc) is 3.07. The fraction of sp³-hybridized carbons (Fsp3) is 0.286. The van der Waals surface area contributed by atoms with Crippen molar-refractivity contribution in [3.05, 3.63) is 49.6 Å². The van der Waals surface area contributed by atoms with Crippen molar-refractivity contribution < 1.29 is 13.2 Å². The fourth-order valence-electron chi connectivity index (χ4n) is 2.38. The van der Waals surface area contributed by atoms with Gasteiger partial charge in [0.25, 0.3) is 5.56 Å². The highest BCUT2D eigenvalue weighted by atomic mass is 35.5. The quantitative estimate of drug-likeness (QED) is 0.659. The van der Waals surface area contributed by atoms with Gasteiger partial charge in [0.15, 0.2) is 10.7 Å². The molecule has 6 nitrogen and oxygen atoms in total. The molecule has 0 fully saturated rings. The Morgan fingerprint density at radius 2 is 2.12 bits per heavy atom. The van der Waals surface area contributed by atoms with Crippen molar-refractivity contribution in [3.8, 4) is 0 Å². The van der Waals surface area contributed by atoms with Gasteiger partial charge in [-0.05, 0) is 6.92 Å². The molecule has 0 radical (unpaired) electrons. The molecule has 3 aromatic rings. The molecule has 138 valence electrons. The van der Waals surface area contributed by atoms with Gasteiger partial charge in [-0.25, -0.2) is 14.1 Å². The fourth-order valence-corrected chi connectivity index (χ4v) is 3.89. The third-order valence-corrected chi connectivity index (χ3v) is 5.18. The lowest BCUT2D eigenvalue weighted by Gasteiger charge is -2.06. The predicted molar refractivity (Wildman–Crippen MR) is 96.2 cm³/mol. The molecule has 0 saturated heterocycles. The summed E-state index contributed by atoms with van der Waals surface area (Å²) in [5.41, 5.74) is -0.699. The van der Waals surface area contributed by atoms with Crippen LogP contribution in [0.1, 0.15) is 22.0 Å². The third kappa shape index (κ3) is 3.33. The molecule has 0 amide bonds.